The standard InChI is InChI=1S/C15H16O3S/c1-2-17-15(16)14(12-7-4-3-5-8-12)19-11-13-9-6-10-18-13/h3-10,14H,2,11H2,1H3. The molecule has 0 saturated heterocycles. The predicted octanol–water partition coefficient (Wildman–Crippen LogP) is 3.82. The molecule has 0 saturated carbocycles. The molecule has 100 valence electrons. The fourth-order valence-corrected chi connectivity index (χ4v) is 2.76. The average molecular weight is 276 g/mol. The number of thioether (sulfide) groups is 1. The van der Waals surface area contributed by atoms with Crippen molar-refractivity contribution in [3.63, 3.8) is 0 Å². The predicted molar refractivity (Wildman–Crippen MR) is 75.8 cm³/mol. The van der Waals surface area contributed by atoms with Crippen LogP contribution >= 0.6 is 11.8 Å². The molecule has 0 amide bonds. The zero-order chi connectivity index (χ0) is 13.5. The lowest BCUT2D eigenvalue weighted by atomic mass is 10.1. The van der Waals surface area contributed by atoms with Crippen LogP contribution in [0, 0.1) is 0 Å². The molecular formula is C15H16O3S. The van der Waals surface area contributed by atoms with Gasteiger partial charge in [0.15, 0.2) is 0 Å². The molecule has 1 heterocycles. The van der Waals surface area contributed by atoms with E-state index in [2.05, 4.69) is 0 Å². The molecule has 0 radical (unpaired) electrons. The molecule has 1 unspecified atom stereocenters. The summed E-state index contributed by atoms with van der Waals surface area (Å²) >= 11 is 1.51. The molecular weight excluding hydrogens is 260 g/mol. The van der Waals surface area contributed by atoms with E-state index in [0.717, 1.165) is 11.3 Å². The van der Waals surface area contributed by atoms with Crippen LogP contribution in [0.25, 0.3) is 0 Å². The van der Waals surface area contributed by atoms with Crippen LogP contribution in [0.5, 0.6) is 0 Å². The minimum Gasteiger partial charge on any atom is -0.468 e. The van der Waals surface area contributed by atoms with E-state index < -0.39 is 0 Å². The summed E-state index contributed by atoms with van der Waals surface area (Å²) in [6.07, 6.45) is 1.64. The van der Waals surface area contributed by atoms with Gasteiger partial charge < -0.3 is 9.15 Å². The Morgan fingerprint density at radius 3 is 2.68 bits per heavy atom. The van der Waals surface area contributed by atoms with E-state index in [0.29, 0.717) is 12.4 Å². The number of furan rings is 1. The maximum Gasteiger partial charge on any atom is 0.323 e. The highest BCUT2D eigenvalue weighted by Gasteiger charge is 2.22. The van der Waals surface area contributed by atoms with Crippen LogP contribution in [0.15, 0.2) is 53.1 Å². The van der Waals surface area contributed by atoms with Crippen molar-refractivity contribution in [2.75, 3.05) is 6.61 Å². The van der Waals surface area contributed by atoms with Gasteiger partial charge in [-0.25, -0.2) is 0 Å². The first-order valence-electron chi connectivity index (χ1n) is 6.17. The third-order valence-electron chi connectivity index (χ3n) is 2.58. The lowest BCUT2D eigenvalue weighted by molar-refractivity contribution is -0.142. The molecule has 0 N–H and O–H groups in total. The Hall–Kier alpha value is -1.68. The number of rotatable bonds is 6. The SMILES string of the molecule is CCOC(=O)C(SCc1ccco1)c1ccccc1. The van der Waals surface area contributed by atoms with Crippen molar-refractivity contribution < 1.29 is 13.9 Å². The van der Waals surface area contributed by atoms with Gasteiger partial charge in [0.2, 0.25) is 0 Å². The summed E-state index contributed by atoms with van der Waals surface area (Å²) in [5.41, 5.74) is 0.956. The maximum absolute atomic E-state index is 12.0. The fourth-order valence-electron chi connectivity index (χ4n) is 1.71. The van der Waals surface area contributed by atoms with Gasteiger partial charge in [0.05, 0.1) is 18.6 Å². The average Bonchev–Trinajstić information content (AvgIpc) is 2.94. The van der Waals surface area contributed by atoms with E-state index >= 15 is 0 Å². The lowest BCUT2D eigenvalue weighted by Crippen LogP contribution is -2.13. The van der Waals surface area contributed by atoms with Crippen LogP contribution in [0.4, 0.5) is 0 Å². The zero-order valence-corrected chi connectivity index (χ0v) is 11.6. The summed E-state index contributed by atoms with van der Waals surface area (Å²) in [4.78, 5) is 12.0. The first-order chi connectivity index (χ1) is 9.31. The van der Waals surface area contributed by atoms with Crippen LogP contribution < -0.4 is 0 Å². The molecule has 2 rings (SSSR count). The number of carbonyl (C=O) groups excluding carboxylic acids is 1. The number of ether oxygens (including phenoxy) is 1. The van der Waals surface area contributed by atoms with Gasteiger partial charge in [-0.1, -0.05) is 30.3 Å². The Morgan fingerprint density at radius 2 is 2.05 bits per heavy atom. The first kappa shape index (κ1) is 13.7. The van der Waals surface area contributed by atoms with E-state index in [1.165, 1.54) is 11.8 Å². The molecule has 1 aromatic heterocycles. The molecule has 0 aliphatic rings. The Morgan fingerprint density at radius 1 is 1.26 bits per heavy atom. The van der Waals surface area contributed by atoms with E-state index in [1.807, 2.05) is 49.4 Å². The smallest absolute Gasteiger partial charge is 0.323 e. The Labute approximate surface area is 117 Å². The van der Waals surface area contributed by atoms with Gasteiger partial charge >= 0.3 is 5.97 Å². The van der Waals surface area contributed by atoms with E-state index in [-0.39, 0.29) is 11.2 Å². The monoisotopic (exact) mass is 276 g/mol. The minimum atomic E-state index is -0.314. The van der Waals surface area contributed by atoms with Gasteiger partial charge in [0.1, 0.15) is 11.0 Å². The fraction of sp³-hybridized carbons (Fsp3) is 0.267. The Balaban J connectivity index is 2.08. The highest BCUT2D eigenvalue weighted by Crippen LogP contribution is 2.32. The summed E-state index contributed by atoms with van der Waals surface area (Å²) in [6.45, 7) is 2.21. The van der Waals surface area contributed by atoms with Crippen molar-refractivity contribution in [3.8, 4) is 0 Å². The third-order valence-corrected chi connectivity index (χ3v) is 3.82. The number of hydrogen-bond donors (Lipinski definition) is 0. The maximum atomic E-state index is 12.0. The molecule has 0 aliphatic carbocycles. The van der Waals surface area contributed by atoms with Crippen molar-refractivity contribution >= 4 is 17.7 Å². The van der Waals surface area contributed by atoms with Crippen LogP contribution in [0.1, 0.15) is 23.5 Å². The zero-order valence-electron chi connectivity index (χ0n) is 10.7. The number of esters is 1. The summed E-state index contributed by atoms with van der Waals surface area (Å²) in [5.74, 6) is 1.30. The molecule has 0 fully saturated rings. The largest absolute Gasteiger partial charge is 0.468 e. The van der Waals surface area contributed by atoms with Crippen LogP contribution in [0.2, 0.25) is 0 Å². The summed E-state index contributed by atoms with van der Waals surface area (Å²) in [5, 5.41) is -0.314. The molecule has 1 aromatic carbocycles. The highest BCUT2D eigenvalue weighted by molar-refractivity contribution is 7.99. The third kappa shape index (κ3) is 3.89. The highest BCUT2D eigenvalue weighted by atomic mass is 32.2. The second-order valence-electron chi connectivity index (χ2n) is 3.93. The Kier molecular flexibility index (Phi) is 5.10. The van der Waals surface area contributed by atoms with Gasteiger partial charge in [0, 0.05) is 0 Å². The van der Waals surface area contributed by atoms with Gasteiger partial charge in [-0.15, -0.1) is 11.8 Å². The molecule has 0 bridgehead atoms. The number of benzene rings is 1. The van der Waals surface area contributed by atoms with Crippen molar-refractivity contribution in [1.82, 2.24) is 0 Å². The van der Waals surface area contributed by atoms with Crippen molar-refractivity contribution in [2.45, 2.75) is 17.9 Å². The lowest BCUT2D eigenvalue weighted by Gasteiger charge is -2.14. The van der Waals surface area contributed by atoms with Gasteiger partial charge in [-0.2, -0.15) is 0 Å². The molecule has 0 aliphatic heterocycles. The van der Waals surface area contributed by atoms with Crippen LogP contribution in [-0.2, 0) is 15.3 Å². The summed E-state index contributed by atoms with van der Waals surface area (Å²) in [7, 11) is 0. The molecule has 0 spiro atoms. The minimum absolute atomic E-state index is 0.203. The van der Waals surface area contributed by atoms with E-state index in [1.54, 1.807) is 6.26 Å². The molecule has 1 atom stereocenters. The van der Waals surface area contributed by atoms with Gasteiger partial charge in [-0.3, -0.25) is 4.79 Å². The van der Waals surface area contributed by atoms with Crippen LogP contribution in [-0.4, -0.2) is 12.6 Å². The van der Waals surface area contributed by atoms with E-state index in [9.17, 15) is 4.79 Å². The molecule has 4 heteroatoms. The molecule has 19 heavy (non-hydrogen) atoms. The van der Waals surface area contributed by atoms with E-state index in [4.69, 9.17) is 9.15 Å². The second-order valence-corrected chi connectivity index (χ2v) is 5.03. The topological polar surface area (TPSA) is 39.4 Å². The normalized spacial score (nSPS) is 12.1. The molecule has 3 nitrogen and oxygen atoms in total. The van der Waals surface area contributed by atoms with Gasteiger partial charge in [-0.05, 0) is 24.6 Å². The molecule has 2 aromatic rings. The quantitative estimate of drug-likeness (QED) is 0.752. The number of hydrogen-bond acceptors (Lipinski definition) is 4. The second kappa shape index (κ2) is 7.04. The van der Waals surface area contributed by atoms with Crippen molar-refractivity contribution in [2.24, 2.45) is 0 Å². The summed E-state index contributed by atoms with van der Waals surface area (Å²) in [6, 6.07) is 13.4. The Bertz CT molecular complexity index is 493. The number of carbonyl (C=O) groups is 1. The van der Waals surface area contributed by atoms with Crippen molar-refractivity contribution in [3.05, 3.63) is 60.1 Å². The summed E-state index contributed by atoms with van der Waals surface area (Å²) < 4.78 is 10.4. The van der Waals surface area contributed by atoms with Crippen molar-refractivity contribution in [1.29, 1.82) is 0 Å². The first-order valence-corrected chi connectivity index (χ1v) is 7.21. The van der Waals surface area contributed by atoms with Crippen LogP contribution in [0.3, 0.4) is 0 Å². The van der Waals surface area contributed by atoms with Gasteiger partial charge in [0.25, 0.3) is 0 Å².